The van der Waals surface area contributed by atoms with Gasteiger partial charge in [-0.3, -0.25) is 4.98 Å². The number of nitrogens with two attached hydrogens (primary N) is 1. The van der Waals surface area contributed by atoms with Gasteiger partial charge in [-0.1, -0.05) is 29.4 Å². The molecular weight excluding hydrogens is 250 g/mol. The molecule has 0 bridgehead atoms. The van der Waals surface area contributed by atoms with E-state index in [1.807, 2.05) is 24.3 Å². The van der Waals surface area contributed by atoms with E-state index in [1.54, 1.807) is 6.20 Å². The molecule has 0 fully saturated rings. The third-order valence-corrected chi connectivity index (χ3v) is 3.42. The van der Waals surface area contributed by atoms with Crippen molar-refractivity contribution in [3.8, 4) is 22.5 Å². The van der Waals surface area contributed by atoms with Crippen LogP contribution in [0.25, 0.3) is 22.5 Å². The average Bonchev–Trinajstić information content (AvgIpc) is 2.85. The Kier molecular flexibility index (Phi) is 2.99. The molecule has 1 aromatic carbocycles. The summed E-state index contributed by atoms with van der Waals surface area (Å²) in [7, 11) is 0. The van der Waals surface area contributed by atoms with Gasteiger partial charge < -0.3 is 10.3 Å². The van der Waals surface area contributed by atoms with Gasteiger partial charge in [-0.25, -0.2) is 0 Å². The highest BCUT2D eigenvalue weighted by molar-refractivity contribution is 5.85. The molecule has 2 aromatic heterocycles. The van der Waals surface area contributed by atoms with Crippen molar-refractivity contribution in [3.63, 3.8) is 0 Å². The van der Waals surface area contributed by atoms with Gasteiger partial charge >= 0.3 is 0 Å². The molecule has 0 aliphatic heterocycles. The Labute approximate surface area is 117 Å². The SMILES string of the molecule is Cc1ccc(-c2c(-c3ccccn3)noc2N)cc1C. The number of anilines is 1. The van der Waals surface area contributed by atoms with Crippen LogP contribution in [-0.2, 0) is 0 Å². The van der Waals surface area contributed by atoms with E-state index in [9.17, 15) is 0 Å². The highest BCUT2D eigenvalue weighted by Gasteiger charge is 2.18. The Morgan fingerprint density at radius 2 is 1.90 bits per heavy atom. The van der Waals surface area contributed by atoms with E-state index in [4.69, 9.17) is 10.3 Å². The maximum absolute atomic E-state index is 5.94. The lowest BCUT2D eigenvalue weighted by atomic mass is 9.99. The van der Waals surface area contributed by atoms with Crippen LogP contribution in [0.5, 0.6) is 0 Å². The third kappa shape index (κ3) is 2.05. The second-order valence-electron chi connectivity index (χ2n) is 4.78. The highest BCUT2D eigenvalue weighted by Crippen LogP contribution is 2.35. The number of nitrogens with zero attached hydrogens (tertiary/aromatic N) is 2. The molecule has 4 nitrogen and oxygen atoms in total. The zero-order valence-electron chi connectivity index (χ0n) is 11.4. The molecule has 3 aromatic rings. The van der Waals surface area contributed by atoms with Crippen molar-refractivity contribution in [2.24, 2.45) is 0 Å². The maximum atomic E-state index is 5.94. The minimum Gasteiger partial charge on any atom is -0.367 e. The molecule has 0 aliphatic carbocycles. The van der Waals surface area contributed by atoms with Crippen LogP contribution in [0.4, 0.5) is 5.88 Å². The molecule has 2 heterocycles. The van der Waals surface area contributed by atoms with Gasteiger partial charge in [-0.15, -0.1) is 0 Å². The van der Waals surface area contributed by atoms with Crippen molar-refractivity contribution >= 4 is 5.88 Å². The first-order chi connectivity index (χ1) is 9.66. The van der Waals surface area contributed by atoms with Crippen molar-refractivity contribution in [2.75, 3.05) is 5.73 Å². The predicted octanol–water partition coefficient (Wildman–Crippen LogP) is 3.60. The standard InChI is InChI=1S/C16H15N3O/c1-10-6-7-12(9-11(10)2)14-15(19-20-16(14)17)13-5-3-4-8-18-13/h3-9H,17H2,1-2H3. The molecule has 0 aliphatic rings. The maximum Gasteiger partial charge on any atom is 0.230 e. The van der Waals surface area contributed by atoms with E-state index in [-0.39, 0.29) is 0 Å². The van der Waals surface area contributed by atoms with Crippen LogP contribution in [0, 0.1) is 13.8 Å². The Hall–Kier alpha value is -2.62. The summed E-state index contributed by atoms with van der Waals surface area (Å²) in [4.78, 5) is 4.31. The summed E-state index contributed by atoms with van der Waals surface area (Å²) in [6, 6.07) is 11.9. The van der Waals surface area contributed by atoms with Gasteiger partial charge in [0.25, 0.3) is 0 Å². The summed E-state index contributed by atoms with van der Waals surface area (Å²) >= 11 is 0. The predicted molar refractivity (Wildman–Crippen MR) is 79.1 cm³/mol. The highest BCUT2D eigenvalue weighted by atomic mass is 16.5. The summed E-state index contributed by atoms with van der Waals surface area (Å²) in [6.07, 6.45) is 1.73. The number of aryl methyl sites for hydroxylation is 2. The van der Waals surface area contributed by atoms with Gasteiger partial charge in [-0.05, 0) is 42.7 Å². The lowest BCUT2D eigenvalue weighted by Crippen LogP contribution is -1.90. The smallest absolute Gasteiger partial charge is 0.230 e. The Morgan fingerprint density at radius 1 is 1.05 bits per heavy atom. The molecule has 0 amide bonds. The molecule has 0 saturated heterocycles. The van der Waals surface area contributed by atoms with Crippen LogP contribution in [0.3, 0.4) is 0 Å². The first-order valence-corrected chi connectivity index (χ1v) is 6.41. The molecule has 4 heteroatoms. The molecule has 0 atom stereocenters. The quantitative estimate of drug-likeness (QED) is 0.768. The molecule has 100 valence electrons. The zero-order chi connectivity index (χ0) is 14.1. The number of benzene rings is 1. The van der Waals surface area contributed by atoms with Crippen molar-refractivity contribution in [3.05, 3.63) is 53.7 Å². The Balaban J connectivity index is 2.19. The number of hydrogen-bond acceptors (Lipinski definition) is 4. The minimum atomic E-state index is 0.314. The topological polar surface area (TPSA) is 64.9 Å². The molecule has 0 unspecified atom stereocenters. The van der Waals surface area contributed by atoms with Crippen molar-refractivity contribution in [1.29, 1.82) is 0 Å². The number of aromatic nitrogens is 2. The normalized spacial score (nSPS) is 10.7. The Morgan fingerprint density at radius 3 is 2.60 bits per heavy atom. The number of hydrogen-bond donors (Lipinski definition) is 1. The number of rotatable bonds is 2. The van der Waals surface area contributed by atoms with Crippen molar-refractivity contribution in [1.82, 2.24) is 10.1 Å². The van der Waals surface area contributed by atoms with Crippen molar-refractivity contribution < 1.29 is 4.52 Å². The molecule has 0 spiro atoms. The minimum absolute atomic E-state index is 0.314. The zero-order valence-corrected chi connectivity index (χ0v) is 11.4. The largest absolute Gasteiger partial charge is 0.367 e. The summed E-state index contributed by atoms with van der Waals surface area (Å²) < 4.78 is 5.16. The average molecular weight is 265 g/mol. The fourth-order valence-electron chi connectivity index (χ4n) is 2.16. The molecule has 0 radical (unpaired) electrons. The van der Waals surface area contributed by atoms with Gasteiger partial charge in [0.15, 0.2) is 0 Å². The fraction of sp³-hybridized carbons (Fsp3) is 0.125. The first-order valence-electron chi connectivity index (χ1n) is 6.41. The summed E-state index contributed by atoms with van der Waals surface area (Å²) in [5, 5.41) is 4.05. The van der Waals surface area contributed by atoms with E-state index in [0.717, 1.165) is 16.8 Å². The molecule has 3 rings (SSSR count). The van der Waals surface area contributed by atoms with Crippen LogP contribution < -0.4 is 5.73 Å². The van der Waals surface area contributed by atoms with E-state index < -0.39 is 0 Å². The van der Waals surface area contributed by atoms with E-state index in [0.29, 0.717) is 11.6 Å². The monoisotopic (exact) mass is 265 g/mol. The van der Waals surface area contributed by atoms with Crippen LogP contribution in [0.1, 0.15) is 11.1 Å². The van der Waals surface area contributed by atoms with E-state index >= 15 is 0 Å². The lowest BCUT2D eigenvalue weighted by molar-refractivity contribution is 0.439. The lowest BCUT2D eigenvalue weighted by Gasteiger charge is -2.05. The van der Waals surface area contributed by atoms with Gasteiger partial charge in [0, 0.05) is 6.20 Å². The van der Waals surface area contributed by atoms with Crippen LogP contribution in [-0.4, -0.2) is 10.1 Å². The van der Waals surface area contributed by atoms with Crippen LogP contribution >= 0.6 is 0 Å². The molecule has 2 N–H and O–H groups in total. The first kappa shape index (κ1) is 12.4. The van der Waals surface area contributed by atoms with E-state index in [2.05, 4.69) is 36.1 Å². The number of nitrogen functional groups attached to an aromatic ring is 1. The van der Waals surface area contributed by atoms with E-state index in [1.165, 1.54) is 11.1 Å². The third-order valence-electron chi connectivity index (χ3n) is 3.42. The summed E-state index contributed by atoms with van der Waals surface area (Å²) in [5.41, 5.74) is 11.6. The van der Waals surface area contributed by atoms with Crippen molar-refractivity contribution in [2.45, 2.75) is 13.8 Å². The van der Waals surface area contributed by atoms with Gasteiger partial charge in [-0.2, -0.15) is 0 Å². The fourth-order valence-corrected chi connectivity index (χ4v) is 2.16. The van der Waals surface area contributed by atoms with Gasteiger partial charge in [0.2, 0.25) is 5.88 Å². The molecule has 20 heavy (non-hydrogen) atoms. The summed E-state index contributed by atoms with van der Waals surface area (Å²) in [5.74, 6) is 0.314. The van der Waals surface area contributed by atoms with Crippen LogP contribution in [0.2, 0.25) is 0 Å². The number of pyridine rings is 1. The van der Waals surface area contributed by atoms with Crippen LogP contribution in [0.15, 0.2) is 47.1 Å². The summed E-state index contributed by atoms with van der Waals surface area (Å²) in [6.45, 7) is 4.15. The van der Waals surface area contributed by atoms with Gasteiger partial charge in [0.1, 0.15) is 5.69 Å². The molecular formula is C16H15N3O. The molecule has 0 saturated carbocycles. The van der Waals surface area contributed by atoms with Gasteiger partial charge in [0.05, 0.1) is 11.3 Å². The second-order valence-corrected chi connectivity index (χ2v) is 4.78. The second kappa shape index (κ2) is 4.81. The Bertz CT molecular complexity index is 748.